The van der Waals surface area contributed by atoms with Crippen LogP contribution in [0, 0.1) is 0 Å². The quantitative estimate of drug-likeness (QED) is 0.406. The largest absolute Gasteiger partial charge is 0.293 e. The normalized spacial score (nSPS) is 9.64. The predicted octanol–water partition coefficient (Wildman–Crippen LogP) is 2.16. The molecule has 0 bridgehead atoms. The summed E-state index contributed by atoms with van der Waals surface area (Å²) in [5.74, 6) is -0.170. The Hall–Kier alpha value is -0.600. The van der Waals surface area contributed by atoms with Crippen molar-refractivity contribution in [2.75, 3.05) is 5.88 Å². The van der Waals surface area contributed by atoms with Crippen LogP contribution in [0.5, 0.6) is 0 Å². The maximum absolute atomic E-state index is 10.9. The van der Waals surface area contributed by atoms with Crippen LogP contribution in [0.1, 0.15) is 10.4 Å². The first-order valence-corrected chi connectivity index (χ1v) is 3.86. The van der Waals surface area contributed by atoms with E-state index in [1.54, 1.807) is 6.07 Å². The molecule has 0 aliphatic rings. The molecule has 2 nitrogen and oxygen atoms in total. The second-order valence-electron chi connectivity index (χ2n) is 1.92. The van der Waals surface area contributed by atoms with E-state index in [-0.39, 0.29) is 11.7 Å². The van der Waals surface area contributed by atoms with Gasteiger partial charge in [0.25, 0.3) is 0 Å². The van der Waals surface area contributed by atoms with Crippen LogP contribution in [0.25, 0.3) is 0 Å². The van der Waals surface area contributed by atoms with E-state index in [1.807, 2.05) is 0 Å². The molecular weight excluding hydrogens is 185 g/mol. The number of halogens is 2. The predicted molar refractivity (Wildman–Crippen MR) is 44.3 cm³/mol. The van der Waals surface area contributed by atoms with Gasteiger partial charge in [-0.25, -0.2) is 4.98 Å². The number of hydrogen-bond donors (Lipinski definition) is 0. The van der Waals surface area contributed by atoms with Gasteiger partial charge in [-0.15, -0.1) is 11.6 Å². The van der Waals surface area contributed by atoms with Gasteiger partial charge in [0.05, 0.1) is 5.88 Å². The SMILES string of the molecule is O=C(CCl)c1ccnc(Cl)c1. The van der Waals surface area contributed by atoms with Gasteiger partial charge in [-0.3, -0.25) is 4.79 Å². The third-order valence-electron chi connectivity index (χ3n) is 1.17. The molecule has 0 aliphatic heterocycles. The van der Waals surface area contributed by atoms with E-state index >= 15 is 0 Å². The van der Waals surface area contributed by atoms with Gasteiger partial charge in [0.15, 0.2) is 5.78 Å². The van der Waals surface area contributed by atoms with Crippen LogP contribution in [-0.4, -0.2) is 16.6 Å². The number of rotatable bonds is 2. The summed E-state index contributed by atoms with van der Waals surface area (Å²) in [4.78, 5) is 14.7. The van der Waals surface area contributed by atoms with Gasteiger partial charge in [-0.05, 0) is 12.1 Å². The molecule has 0 saturated heterocycles. The highest BCUT2D eigenvalue weighted by molar-refractivity contribution is 6.32. The minimum absolute atomic E-state index is 0.0274. The molecule has 0 atom stereocenters. The lowest BCUT2D eigenvalue weighted by Crippen LogP contribution is -1.99. The minimum Gasteiger partial charge on any atom is -0.293 e. The van der Waals surface area contributed by atoms with Gasteiger partial charge >= 0.3 is 0 Å². The molecular formula is C7H5Cl2NO. The number of nitrogens with zero attached hydrogens (tertiary/aromatic N) is 1. The molecule has 0 saturated carbocycles. The maximum atomic E-state index is 10.9. The number of aromatic nitrogens is 1. The zero-order chi connectivity index (χ0) is 8.27. The van der Waals surface area contributed by atoms with Crippen molar-refractivity contribution in [2.24, 2.45) is 0 Å². The molecule has 1 heterocycles. The third-order valence-corrected chi connectivity index (χ3v) is 1.62. The van der Waals surface area contributed by atoms with E-state index in [2.05, 4.69) is 4.98 Å². The van der Waals surface area contributed by atoms with Crippen molar-refractivity contribution < 1.29 is 4.79 Å². The zero-order valence-corrected chi connectivity index (χ0v) is 7.06. The number of ketones is 1. The maximum Gasteiger partial charge on any atom is 0.177 e. The first-order valence-electron chi connectivity index (χ1n) is 2.95. The van der Waals surface area contributed by atoms with Crippen molar-refractivity contribution in [1.82, 2.24) is 4.98 Å². The molecule has 11 heavy (non-hydrogen) atoms. The molecule has 1 aromatic heterocycles. The Bertz CT molecular complexity index is 275. The third kappa shape index (κ3) is 2.17. The zero-order valence-electron chi connectivity index (χ0n) is 5.55. The molecule has 1 rings (SSSR count). The van der Waals surface area contributed by atoms with Gasteiger partial charge in [-0.1, -0.05) is 11.6 Å². The molecule has 0 N–H and O–H groups in total. The lowest BCUT2D eigenvalue weighted by atomic mass is 10.2. The number of hydrogen-bond acceptors (Lipinski definition) is 2. The van der Waals surface area contributed by atoms with E-state index in [1.165, 1.54) is 12.3 Å². The Morgan fingerprint density at radius 2 is 2.36 bits per heavy atom. The molecule has 0 amide bonds. The summed E-state index contributed by atoms with van der Waals surface area (Å²) in [6.45, 7) is 0. The molecule has 4 heteroatoms. The molecule has 0 aromatic carbocycles. The summed E-state index contributed by atoms with van der Waals surface area (Å²) in [5.41, 5.74) is 0.500. The second kappa shape index (κ2) is 3.69. The smallest absolute Gasteiger partial charge is 0.177 e. The minimum atomic E-state index is -0.143. The molecule has 0 spiro atoms. The van der Waals surface area contributed by atoms with Gasteiger partial charge in [0, 0.05) is 11.8 Å². The van der Waals surface area contributed by atoms with E-state index < -0.39 is 0 Å². The van der Waals surface area contributed by atoms with Crippen molar-refractivity contribution in [1.29, 1.82) is 0 Å². The van der Waals surface area contributed by atoms with Crippen LogP contribution in [0.15, 0.2) is 18.3 Å². The van der Waals surface area contributed by atoms with Crippen molar-refractivity contribution in [3.63, 3.8) is 0 Å². The molecule has 1 aromatic rings. The van der Waals surface area contributed by atoms with Crippen molar-refractivity contribution in [3.8, 4) is 0 Å². The summed E-state index contributed by atoms with van der Waals surface area (Å²) in [6.07, 6.45) is 1.47. The Kier molecular flexibility index (Phi) is 2.85. The van der Waals surface area contributed by atoms with E-state index in [0.717, 1.165) is 0 Å². The Labute approximate surface area is 74.1 Å². The molecule has 0 radical (unpaired) electrons. The summed E-state index contributed by atoms with van der Waals surface area (Å²) in [6, 6.07) is 3.07. The highest BCUT2D eigenvalue weighted by Crippen LogP contribution is 2.07. The Morgan fingerprint density at radius 3 is 2.91 bits per heavy atom. The number of Topliss-reactive ketones (excluding diaryl/α,β-unsaturated/α-hetero) is 1. The first-order chi connectivity index (χ1) is 5.24. The van der Waals surface area contributed by atoms with E-state index in [0.29, 0.717) is 10.7 Å². The van der Waals surface area contributed by atoms with E-state index in [9.17, 15) is 4.79 Å². The fourth-order valence-electron chi connectivity index (χ4n) is 0.653. The summed E-state index contributed by atoms with van der Waals surface area (Å²) >= 11 is 10.9. The van der Waals surface area contributed by atoms with Crippen LogP contribution in [-0.2, 0) is 0 Å². The van der Waals surface area contributed by atoms with Crippen LogP contribution in [0.4, 0.5) is 0 Å². The number of carbonyl (C=O) groups is 1. The van der Waals surface area contributed by atoms with Crippen molar-refractivity contribution >= 4 is 29.0 Å². The van der Waals surface area contributed by atoms with Crippen LogP contribution >= 0.6 is 23.2 Å². The summed E-state index contributed by atoms with van der Waals surface area (Å²) < 4.78 is 0. The fraction of sp³-hybridized carbons (Fsp3) is 0.143. The van der Waals surface area contributed by atoms with Crippen molar-refractivity contribution in [3.05, 3.63) is 29.0 Å². The number of pyridine rings is 1. The van der Waals surface area contributed by atoms with Gasteiger partial charge in [0.2, 0.25) is 0 Å². The molecule has 0 unspecified atom stereocenters. The monoisotopic (exact) mass is 189 g/mol. The molecule has 0 aliphatic carbocycles. The lowest BCUT2D eigenvalue weighted by Gasteiger charge is -1.94. The highest BCUT2D eigenvalue weighted by atomic mass is 35.5. The number of alkyl halides is 1. The average molecular weight is 190 g/mol. The average Bonchev–Trinajstić information content (AvgIpc) is 2.03. The van der Waals surface area contributed by atoms with Crippen LogP contribution in [0.3, 0.4) is 0 Å². The van der Waals surface area contributed by atoms with Crippen LogP contribution < -0.4 is 0 Å². The molecule has 0 fully saturated rings. The topological polar surface area (TPSA) is 30.0 Å². The lowest BCUT2D eigenvalue weighted by molar-refractivity contribution is 0.102. The summed E-state index contributed by atoms with van der Waals surface area (Å²) in [5, 5.41) is 0.306. The summed E-state index contributed by atoms with van der Waals surface area (Å²) in [7, 11) is 0. The van der Waals surface area contributed by atoms with Crippen molar-refractivity contribution in [2.45, 2.75) is 0 Å². The Morgan fingerprint density at radius 1 is 1.64 bits per heavy atom. The number of carbonyl (C=O) groups excluding carboxylic acids is 1. The fourth-order valence-corrected chi connectivity index (χ4v) is 0.981. The standard InChI is InChI=1S/C7H5Cl2NO/c8-4-6(11)5-1-2-10-7(9)3-5/h1-3H,4H2. The Balaban J connectivity index is 2.96. The highest BCUT2D eigenvalue weighted by Gasteiger charge is 2.03. The van der Waals surface area contributed by atoms with Gasteiger partial charge in [-0.2, -0.15) is 0 Å². The second-order valence-corrected chi connectivity index (χ2v) is 2.58. The van der Waals surface area contributed by atoms with Crippen LogP contribution in [0.2, 0.25) is 5.15 Å². The first kappa shape index (κ1) is 8.50. The van der Waals surface area contributed by atoms with Gasteiger partial charge < -0.3 is 0 Å². The van der Waals surface area contributed by atoms with Gasteiger partial charge in [0.1, 0.15) is 5.15 Å². The van der Waals surface area contributed by atoms with E-state index in [4.69, 9.17) is 23.2 Å². The molecule has 58 valence electrons.